The van der Waals surface area contributed by atoms with E-state index in [2.05, 4.69) is 20.9 Å². The van der Waals surface area contributed by atoms with Crippen molar-refractivity contribution >= 4 is 34.1 Å². The van der Waals surface area contributed by atoms with E-state index in [1.165, 1.54) is 30.3 Å². The molecule has 0 fully saturated rings. The summed E-state index contributed by atoms with van der Waals surface area (Å²) in [6.45, 7) is 1.24. The maximum absolute atomic E-state index is 13.7. The number of nitrogens with zero attached hydrogens (tertiary/aromatic N) is 1. The number of thiazole rings is 1. The van der Waals surface area contributed by atoms with Crippen LogP contribution >= 0.6 is 11.3 Å². The lowest BCUT2D eigenvalue weighted by Crippen LogP contribution is -2.23. The minimum atomic E-state index is -0.758. The predicted octanol–water partition coefficient (Wildman–Crippen LogP) is 4.44. The predicted molar refractivity (Wildman–Crippen MR) is 103 cm³/mol. The Bertz CT molecular complexity index is 1030. The molecule has 0 aliphatic heterocycles. The standard InChI is InChI=1S/C19H15F3N4O2S/c1-10-16(17(27)23-9-13-14(21)3-2-4-15(13)22)29-19(24-10)26-18(28)25-12-7-5-11(20)6-8-12/h2-8H,9H2,1H3,(H,23,27)(H2,24,25,26,28). The summed E-state index contributed by atoms with van der Waals surface area (Å²) in [7, 11) is 0. The van der Waals surface area contributed by atoms with Gasteiger partial charge in [0, 0.05) is 17.8 Å². The van der Waals surface area contributed by atoms with Gasteiger partial charge in [0.05, 0.1) is 5.69 Å². The van der Waals surface area contributed by atoms with Gasteiger partial charge < -0.3 is 10.6 Å². The number of aryl methyl sites for hydroxylation is 1. The van der Waals surface area contributed by atoms with Gasteiger partial charge in [0.15, 0.2) is 5.13 Å². The fraction of sp³-hybridized carbons (Fsp3) is 0.105. The number of hydrogen-bond donors (Lipinski definition) is 3. The van der Waals surface area contributed by atoms with Crippen LogP contribution in [0.2, 0.25) is 0 Å². The van der Waals surface area contributed by atoms with Gasteiger partial charge in [0.2, 0.25) is 0 Å². The largest absolute Gasteiger partial charge is 0.347 e. The van der Waals surface area contributed by atoms with E-state index >= 15 is 0 Å². The van der Waals surface area contributed by atoms with Gasteiger partial charge in [-0.2, -0.15) is 0 Å². The molecule has 3 rings (SSSR count). The summed E-state index contributed by atoms with van der Waals surface area (Å²) in [5.41, 5.74) is 0.473. The second-order valence-corrected chi connectivity index (χ2v) is 6.90. The lowest BCUT2D eigenvalue weighted by atomic mass is 10.2. The molecule has 1 aromatic heterocycles. The number of urea groups is 1. The van der Waals surface area contributed by atoms with Crippen molar-refractivity contribution in [2.24, 2.45) is 0 Å². The zero-order chi connectivity index (χ0) is 21.0. The monoisotopic (exact) mass is 420 g/mol. The van der Waals surface area contributed by atoms with Crippen LogP contribution in [0.25, 0.3) is 0 Å². The lowest BCUT2D eigenvalue weighted by Gasteiger charge is -2.06. The highest BCUT2D eigenvalue weighted by Crippen LogP contribution is 2.23. The van der Waals surface area contributed by atoms with Crippen LogP contribution in [0, 0.1) is 24.4 Å². The number of halogens is 3. The number of nitrogens with one attached hydrogen (secondary N) is 3. The highest BCUT2D eigenvalue weighted by molar-refractivity contribution is 7.17. The molecule has 6 nitrogen and oxygen atoms in total. The molecule has 0 radical (unpaired) electrons. The number of carbonyl (C=O) groups excluding carboxylic acids is 2. The Hall–Kier alpha value is -3.40. The molecule has 0 saturated heterocycles. The molecule has 0 saturated carbocycles. The van der Waals surface area contributed by atoms with Crippen LogP contribution < -0.4 is 16.0 Å². The minimum absolute atomic E-state index is 0.157. The van der Waals surface area contributed by atoms with E-state index in [9.17, 15) is 22.8 Å². The third-order valence-corrected chi connectivity index (χ3v) is 4.88. The Balaban J connectivity index is 1.62. The summed E-state index contributed by atoms with van der Waals surface area (Å²) in [5, 5.41) is 7.57. The number of carbonyl (C=O) groups is 2. The number of rotatable bonds is 5. The van der Waals surface area contributed by atoms with Crippen molar-refractivity contribution in [3.63, 3.8) is 0 Å². The Kier molecular flexibility index (Phi) is 6.13. The summed E-state index contributed by atoms with van der Waals surface area (Å²) in [4.78, 5) is 28.6. The summed E-state index contributed by atoms with van der Waals surface area (Å²) in [6, 6.07) is 8.00. The molecule has 0 bridgehead atoms. The van der Waals surface area contributed by atoms with Gasteiger partial charge in [-0.3, -0.25) is 10.1 Å². The molecule has 1 heterocycles. The average Bonchev–Trinajstić information content (AvgIpc) is 3.03. The normalized spacial score (nSPS) is 10.5. The van der Waals surface area contributed by atoms with Crippen LogP contribution in [0.4, 0.5) is 28.8 Å². The van der Waals surface area contributed by atoms with Crippen molar-refractivity contribution < 1.29 is 22.8 Å². The van der Waals surface area contributed by atoms with E-state index in [0.29, 0.717) is 11.4 Å². The molecule has 3 amide bonds. The van der Waals surface area contributed by atoms with Crippen LogP contribution in [-0.2, 0) is 6.54 Å². The third-order valence-electron chi connectivity index (χ3n) is 3.81. The van der Waals surface area contributed by atoms with Crippen LogP contribution in [0.3, 0.4) is 0 Å². The van der Waals surface area contributed by atoms with Crippen LogP contribution in [0.1, 0.15) is 20.9 Å². The van der Waals surface area contributed by atoms with Crippen molar-refractivity contribution in [3.05, 3.63) is 76.1 Å². The third kappa shape index (κ3) is 5.11. The first kappa shape index (κ1) is 20.3. The zero-order valence-corrected chi connectivity index (χ0v) is 15.9. The maximum atomic E-state index is 13.7. The van der Waals surface area contributed by atoms with Crippen molar-refractivity contribution in [2.75, 3.05) is 10.6 Å². The molecule has 10 heteroatoms. The second-order valence-electron chi connectivity index (χ2n) is 5.90. The SMILES string of the molecule is Cc1nc(NC(=O)Nc2ccc(F)cc2)sc1C(=O)NCc1c(F)cccc1F. The first-order valence-electron chi connectivity index (χ1n) is 8.35. The Morgan fingerprint density at radius 1 is 1.00 bits per heavy atom. The summed E-state index contributed by atoms with van der Waals surface area (Å²) in [6.07, 6.45) is 0. The number of hydrogen-bond acceptors (Lipinski definition) is 4. The van der Waals surface area contributed by atoms with Crippen molar-refractivity contribution in [1.29, 1.82) is 0 Å². The topological polar surface area (TPSA) is 83.1 Å². The number of amides is 3. The quantitative estimate of drug-likeness (QED) is 0.571. The van der Waals surface area contributed by atoms with E-state index in [4.69, 9.17) is 0 Å². The molecular formula is C19H15F3N4O2S. The van der Waals surface area contributed by atoms with Crippen molar-refractivity contribution in [3.8, 4) is 0 Å². The molecule has 3 N–H and O–H groups in total. The molecule has 3 aromatic rings. The van der Waals surface area contributed by atoms with E-state index in [1.807, 2.05) is 0 Å². The molecule has 0 unspecified atom stereocenters. The van der Waals surface area contributed by atoms with Gasteiger partial charge in [-0.1, -0.05) is 17.4 Å². The van der Waals surface area contributed by atoms with Gasteiger partial charge >= 0.3 is 6.03 Å². The second kappa shape index (κ2) is 8.74. The fourth-order valence-corrected chi connectivity index (χ4v) is 3.28. The first-order valence-corrected chi connectivity index (χ1v) is 9.17. The summed E-state index contributed by atoms with van der Waals surface area (Å²) in [5.74, 6) is -2.52. The van der Waals surface area contributed by atoms with Crippen molar-refractivity contribution in [2.45, 2.75) is 13.5 Å². The van der Waals surface area contributed by atoms with E-state index in [-0.39, 0.29) is 22.1 Å². The fourth-order valence-electron chi connectivity index (χ4n) is 2.40. The molecule has 0 aliphatic carbocycles. The molecule has 0 atom stereocenters. The first-order chi connectivity index (χ1) is 13.8. The summed E-state index contributed by atoms with van der Waals surface area (Å²) >= 11 is 0.910. The average molecular weight is 420 g/mol. The van der Waals surface area contributed by atoms with Gasteiger partial charge in [-0.25, -0.2) is 22.9 Å². The molecule has 2 aromatic carbocycles. The molecule has 150 valence electrons. The molecule has 0 aliphatic rings. The van der Waals surface area contributed by atoms with Gasteiger partial charge in [-0.15, -0.1) is 0 Å². The highest BCUT2D eigenvalue weighted by Gasteiger charge is 2.18. The van der Waals surface area contributed by atoms with Gasteiger partial charge in [0.25, 0.3) is 5.91 Å². The van der Waals surface area contributed by atoms with E-state index < -0.39 is 29.4 Å². The number of aromatic nitrogens is 1. The Morgan fingerprint density at radius 2 is 1.66 bits per heavy atom. The van der Waals surface area contributed by atoms with Crippen LogP contribution in [-0.4, -0.2) is 16.9 Å². The zero-order valence-electron chi connectivity index (χ0n) is 15.1. The van der Waals surface area contributed by atoms with E-state index in [1.54, 1.807) is 6.92 Å². The Labute approximate surface area is 167 Å². The summed E-state index contributed by atoms with van der Waals surface area (Å²) < 4.78 is 40.2. The van der Waals surface area contributed by atoms with E-state index in [0.717, 1.165) is 23.5 Å². The molecule has 29 heavy (non-hydrogen) atoms. The Morgan fingerprint density at radius 3 is 2.31 bits per heavy atom. The van der Waals surface area contributed by atoms with Gasteiger partial charge in [0.1, 0.15) is 22.3 Å². The molecule has 0 spiro atoms. The minimum Gasteiger partial charge on any atom is -0.347 e. The lowest BCUT2D eigenvalue weighted by molar-refractivity contribution is 0.0953. The van der Waals surface area contributed by atoms with Gasteiger partial charge in [-0.05, 0) is 43.3 Å². The molecular weight excluding hydrogens is 405 g/mol. The van der Waals surface area contributed by atoms with Crippen LogP contribution in [0.15, 0.2) is 42.5 Å². The van der Waals surface area contributed by atoms with Crippen LogP contribution in [0.5, 0.6) is 0 Å². The highest BCUT2D eigenvalue weighted by atomic mass is 32.1. The van der Waals surface area contributed by atoms with Crippen molar-refractivity contribution in [1.82, 2.24) is 10.3 Å². The smallest absolute Gasteiger partial charge is 0.325 e. The number of anilines is 2. The number of benzene rings is 2. The maximum Gasteiger partial charge on any atom is 0.325 e.